The number of aliphatic carboxylic acids is 1. The SMILES string of the molecule is CCn1cc(Br)cc1C(=O)N1CCCN(CC(=O)O)CC1. The molecule has 2 heterocycles. The van der Waals surface area contributed by atoms with Gasteiger partial charge in [0.15, 0.2) is 0 Å². The number of carboxylic acids is 1. The highest BCUT2D eigenvalue weighted by Crippen LogP contribution is 2.17. The topological polar surface area (TPSA) is 65.8 Å². The molecule has 1 amide bonds. The molecule has 0 atom stereocenters. The summed E-state index contributed by atoms with van der Waals surface area (Å²) in [4.78, 5) is 27.1. The fourth-order valence-corrected chi connectivity index (χ4v) is 3.06. The van der Waals surface area contributed by atoms with E-state index in [4.69, 9.17) is 5.11 Å². The number of halogens is 1. The zero-order chi connectivity index (χ0) is 15.4. The van der Waals surface area contributed by atoms with Crippen molar-refractivity contribution in [3.8, 4) is 0 Å². The molecular formula is C14H20BrN3O3. The van der Waals surface area contributed by atoms with Crippen LogP contribution in [0.5, 0.6) is 0 Å². The fourth-order valence-electron chi connectivity index (χ4n) is 2.60. The second-order valence-corrected chi connectivity index (χ2v) is 6.06. The summed E-state index contributed by atoms with van der Waals surface area (Å²) in [5.41, 5.74) is 0.677. The summed E-state index contributed by atoms with van der Waals surface area (Å²) >= 11 is 3.40. The standard InChI is InChI=1S/C14H20BrN3O3/c1-2-17-9-11(15)8-12(17)14(21)18-5-3-4-16(6-7-18)10-13(19)20/h8-9H,2-7,10H2,1H3,(H,19,20). The molecule has 116 valence electrons. The molecule has 1 N–H and O–H groups in total. The summed E-state index contributed by atoms with van der Waals surface area (Å²) < 4.78 is 2.82. The number of nitrogens with zero attached hydrogens (tertiary/aromatic N) is 3. The molecule has 1 saturated heterocycles. The second kappa shape index (κ2) is 7.09. The first kappa shape index (κ1) is 16.0. The van der Waals surface area contributed by atoms with Crippen LogP contribution in [0.4, 0.5) is 0 Å². The fraction of sp³-hybridized carbons (Fsp3) is 0.571. The van der Waals surface area contributed by atoms with Crippen LogP contribution in [-0.2, 0) is 11.3 Å². The Morgan fingerprint density at radius 1 is 1.29 bits per heavy atom. The Labute approximate surface area is 132 Å². The molecule has 1 aromatic heterocycles. The molecule has 0 unspecified atom stereocenters. The van der Waals surface area contributed by atoms with E-state index in [9.17, 15) is 9.59 Å². The summed E-state index contributed by atoms with van der Waals surface area (Å²) in [6.07, 6.45) is 2.70. The van der Waals surface area contributed by atoms with Gasteiger partial charge in [-0.05, 0) is 35.3 Å². The zero-order valence-electron chi connectivity index (χ0n) is 12.1. The number of carbonyl (C=O) groups excluding carboxylic acids is 1. The highest BCUT2D eigenvalue weighted by atomic mass is 79.9. The van der Waals surface area contributed by atoms with Crippen LogP contribution in [-0.4, -0.2) is 64.1 Å². The average molecular weight is 358 g/mol. The Bertz CT molecular complexity index is 530. The van der Waals surface area contributed by atoms with Crippen molar-refractivity contribution in [1.82, 2.24) is 14.4 Å². The number of rotatable bonds is 4. The maximum Gasteiger partial charge on any atom is 0.317 e. The normalized spacial score (nSPS) is 16.8. The van der Waals surface area contributed by atoms with Gasteiger partial charge in [-0.1, -0.05) is 0 Å². The van der Waals surface area contributed by atoms with Crippen LogP contribution >= 0.6 is 15.9 Å². The van der Waals surface area contributed by atoms with E-state index in [0.29, 0.717) is 31.9 Å². The first-order valence-electron chi connectivity index (χ1n) is 7.10. The molecule has 6 nitrogen and oxygen atoms in total. The maximum atomic E-state index is 12.6. The zero-order valence-corrected chi connectivity index (χ0v) is 13.7. The van der Waals surface area contributed by atoms with Gasteiger partial charge in [0.2, 0.25) is 0 Å². The number of hydrogen-bond donors (Lipinski definition) is 1. The minimum atomic E-state index is -0.821. The van der Waals surface area contributed by atoms with Crippen LogP contribution in [0.25, 0.3) is 0 Å². The van der Waals surface area contributed by atoms with Gasteiger partial charge in [0.05, 0.1) is 6.54 Å². The first-order chi connectivity index (χ1) is 10.0. The number of aromatic nitrogens is 1. The van der Waals surface area contributed by atoms with Gasteiger partial charge in [0, 0.05) is 43.4 Å². The van der Waals surface area contributed by atoms with Crippen molar-refractivity contribution < 1.29 is 14.7 Å². The minimum Gasteiger partial charge on any atom is -0.480 e. The van der Waals surface area contributed by atoms with Crippen molar-refractivity contribution in [2.24, 2.45) is 0 Å². The Hall–Kier alpha value is -1.34. The molecule has 1 aromatic rings. The van der Waals surface area contributed by atoms with E-state index in [1.165, 1.54) is 0 Å². The van der Waals surface area contributed by atoms with Crippen molar-refractivity contribution in [2.75, 3.05) is 32.7 Å². The van der Waals surface area contributed by atoms with Gasteiger partial charge in [0.1, 0.15) is 5.69 Å². The second-order valence-electron chi connectivity index (χ2n) is 5.15. The lowest BCUT2D eigenvalue weighted by atomic mass is 10.3. The molecule has 0 saturated carbocycles. The molecular weight excluding hydrogens is 338 g/mol. The van der Waals surface area contributed by atoms with Gasteiger partial charge >= 0.3 is 5.97 Å². The molecule has 21 heavy (non-hydrogen) atoms. The maximum absolute atomic E-state index is 12.6. The Kier molecular flexibility index (Phi) is 5.41. The lowest BCUT2D eigenvalue weighted by molar-refractivity contribution is -0.138. The van der Waals surface area contributed by atoms with Crippen molar-refractivity contribution in [3.05, 3.63) is 22.4 Å². The molecule has 2 rings (SSSR count). The summed E-state index contributed by atoms with van der Waals surface area (Å²) in [5.74, 6) is -0.807. The van der Waals surface area contributed by atoms with Crippen molar-refractivity contribution >= 4 is 27.8 Å². The van der Waals surface area contributed by atoms with E-state index >= 15 is 0 Å². The van der Waals surface area contributed by atoms with Crippen LogP contribution in [0.3, 0.4) is 0 Å². The van der Waals surface area contributed by atoms with Gasteiger partial charge in [-0.3, -0.25) is 14.5 Å². The highest BCUT2D eigenvalue weighted by Gasteiger charge is 2.23. The third kappa shape index (κ3) is 4.07. The molecule has 1 fully saturated rings. The Morgan fingerprint density at radius 2 is 2.05 bits per heavy atom. The third-order valence-corrected chi connectivity index (χ3v) is 4.09. The van der Waals surface area contributed by atoms with Gasteiger partial charge < -0.3 is 14.6 Å². The van der Waals surface area contributed by atoms with Gasteiger partial charge in [-0.2, -0.15) is 0 Å². The van der Waals surface area contributed by atoms with Crippen LogP contribution < -0.4 is 0 Å². The van der Waals surface area contributed by atoms with E-state index in [1.807, 2.05) is 33.6 Å². The number of carboxylic acid groups (broad SMARTS) is 1. The predicted molar refractivity (Wildman–Crippen MR) is 82.4 cm³/mol. The summed E-state index contributed by atoms with van der Waals surface area (Å²) in [6, 6.07) is 1.84. The van der Waals surface area contributed by atoms with E-state index in [0.717, 1.165) is 17.4 Å². The van der Waals surface area contributed by atoms with Crippen LogP contribution in [0, 0.1) is 0 Å². The van der Waals surface area contributed by atoms with Gasteiger partial charge in [0.25, 0.3) is 5.91 Å². The molecule has 0 aliphatic carbocycles. The largest absolute Gasteiger partial charge is 0.480 e. The minimum absolute atomic E-state index is 0.0136. The van der Waals surface area contributed by atoms with E-state index in [-0.39, 0.29) is 12.5 Å². The van der Waals surface area contributed by atoms with Crippen LogP contribution in [0.1, 0.15) is 23.8 Å². The molecule has 1 aliphatic heterocycles. The molecule has 0 spiro atoms. The van der Waals surface area contributed by atoms with E-state index < -0.39 is 5.97 Å². The number of aryl methyl sites for hydroxylation is 1. The molecule has 0 aromatic carbocycles. The number of carbonyl (C=O) groups is 2. The number of hydrogen-bond acceptors (Lipinski definition) is 3. The monoisotopic (exact) mass is 357 g/mol. The number of amides is 1. The van der Waals surface area contributed by atoms with Crippen molar-refractivity contribution in [2.45, 2.75) is 19.9 Å². The summed E-state index contributed by atoms with van der Waals surface area (Å²) in [5, 5.41) is 8.85. The lowest BCUT2D eigenvalue weighted by Crippen LogP contribution is -2.37. The molecule has 7 heteroatoms. The first-order valence-corrected chi connectivity index (χ1v) is 7.89. The third-order valence-electron chi connectivity index (χ3n) is 3.66. The van der Waals surface area contributed by atoms with Gasteiger partial charge in [-0.25, -0.2) is 0 Å². The van der Waals surface area contributed by atoms with Crippen molar-refractivity contribution in [3.63, 3.8) is 0 Å². The summed E-state index contributed by atoms with van der Waals surface area (Å²) in [7, 11) is 0. The molecule has 1 aliphatic rings. The molecule has 0 bridgehead atoms. The molecule has 0 radical (unpaired) electrons. The van der Waals surface area contributed by atoms with E-state index in [2.05, 4.69) is 15.9 Å². The quantitative estimate of drug-likeness (QED) is 0.886. The van der Waals surface area contributed by atoms with Gasteiger partial charge in [-0.15, -0.1) is 0 Å². The summed E-state index contributed by atoms with van der Waals surface area (Å²) in [6.45, 7) is 5.34. The Morgan fingerprint density at radius 3 is 2.71 bits per heavy atom. The highest BCUT2D eigenvalue weighted by molar-refractivity contribution is 9.10. The average Bonchev–Trinajstić information content (AvgIpc) is 2.66. The smallest absolute Gasteiger partial charge is 0.317 e. The Balaban J connectivity index is 2.04. The lowest BCUT2D eigenvalue weighted by Gasteiger charge is -2.21. The van der Waals surface area contributed by atoms with Crippen molar-refractivity contribution in [1.29, 1.82) is 0 Å². The van der Waals surface area contributed by atoms with Crippen LogP contribution in [0.2, 0.25) is 0 Å². The van der Waals surface area contributed by atoms with Crippen LogP contribution in [0.15, 0.2) is 16.7 Å². The predicted octanol–water partition coefficient (Wildman–Crippen LogP) is 1.50. The van der Waals surface area contributed by atoms with E-state index in [1.54, 1.807) is 0 Å².